The second-order valence-electron chi connectivity index (χ2n) is 6.91. The number of rotatable bonds is 6. The molecule has 0 aliphatic carbocycles. The summed E-state index contributed by atoms with van der Waals surface area (Å²) in [6.45, 7) is 1.37. The summed E-state index contributed by atoms with van der Waals surface area (Å²) in [5.74, 6) is 0.296. The van der Waals surface area contributed by atoms with E-state index in [4.69, 9.17) is 4.74 Å². The number of ether oxygens (including phenoxy) is 1. The largest absolute Gasteiger partial charge is 0.381 e. The van der Waals surface area contributed by atoms with Crippen molar-refractivity contribution in [1.82, 2.24) is 14.8 Å². The summed E-state index contributed by atoms with van der Waals surface area (Å²) in [6, 6.07) is 14.7. The smallest absolute Gasteiger partial charge is 0.255 e. The first-order valence-corrected chi connectivity index (χ1v) is 10.9. The van der Waals surface area contributed by atoms with Crippen LogP contribution in [0.5, 0.6) is 0 Å². The fourth-order valence-electron chi connectivity index (χ4n) is 3.28. The molecule has 0 spiro atoms. The van der Waals surface area contributed by atoms with Crippen molar-refractivity contribution in [3.8, 4) is 5.69 Å². The van der Waals surface area contributed by atoms with Crippen molar-refractivity contribution >= 4 is 22.4 Å². The minimum atomic E-state index is -0.937. The standard InChI is InChI=1S/C21H22N4O3S/c26-21(17-4-6-19(7-5-17)25-14-22-23-15-25)24-18-3-1-2-16(12-18)13-29(27)20-8-10-28-11-9-20/h1-7,12,14-15,20H,8-11,13H2,(H,24,26). The van der Waals surface area contributed by atoms with E-state index in [9.17, 15) is 9.00 Å². The average molecular weight is 410 g/mol. The highest BCUT2D eigenvalue weighted by Crippen LogP contribution is 2.19. The highest BCUT2D eigenvalue weighted by molar-refractivity contribution is 7.84. The summed E-state index contributed by atoms with van der Waals surface area (Å²) >= 11 is 0. The number of hydrogen-bond donors (Lipinski definition) is 1. The Balaban J connectivity index is 1.39. The predicted molar refractivity (Wildman–Crippen MR) is 111 cm³/mol. The first-order chi connectivity index (χ1) is 14.2. The molecule has 1 fully saturated rings. The van der Waals surface area contributed by atoms with E-state index in [0.717, 1.165) is 24.1 Å². The maximum atomic E-state index is 12.6. The summed E-state index contributed by atoms with van der Waals surface area (Å²) in [5, 5.41) is 10.7. The van der Waals surface area contributed by atoms with Crippen LogP contribution in [0, 0.1) is 0 Å². The highest BCUT2D eigenvalue weighted by atomic mass is 32.2. The molecule has 1 unspecified atom stereocenters. The van der Waals surface area contributed by atoms with Gasteiger partial charge >= 0.3 is 0 Å². The van der Waals surface area contributed by atoms with Crippen molar-refractivity contribution in [1.29, 1.82) is 0 Å². The maximum Gasteiger partial charge on any atom is 0.255 e. The zero-order valence-electron chi connectivity index (χ0n) is 15.9. The van der Waals surface area contributed by atoms with Crippen LogP contribution >= 0.6 is 0 Å². The molecule has 4 rings (SSSR count). The number of amides is 1. The van der Waals surface area contributed by atoms with Gasteiger partial charge in [-0.15, -0.1) is 10.2 Å². The molecule has 0 saturated carbocycles. The fourth-order valence-corrected chi connectivity index (χ4v) is 4.74. The van der Waals surface area contributed by atoms with E-state index in [0.29, 0.717) is 30.2 Å². The lowest BCUT2D eigenvalue weighted by Gasteiger charge is -2.21. The van der Waals surface area contributed by atoms with E-state index >= 15 is 0 Å². The Morgan fingerprint density at radius 2 is 1.83 bits per heavy atom. The van der Waals surface area contributed by atoms with Crippen LogP contribution in [0.15, 0.2) is 61.2 Å². The molecule has 1 aliphatic rings. The normalized spacial score (nSPS) is 15.7. The molecule has 2 heterocycles. The number of carbonyl (C=O) groups is 1. The topological polar surface area (TPSA) is 86.1 Å². The molecule has 1 aromatic heterocycles. The van der Waals surface area contributed by atoms with Gasteiger partial charge in [0.1, 0.15) is 12.7 Å². The summed E-state index contributed by atoms with van der Waals surface area (Å²) < 4.78 is 19.7. The third-order valence-electron chi connectivity index (χ3n) is 4.88. The molecular formula is C21H22N4O3S. The molecule has 1 atom stereocenters. The molecule has 1 aliphatic heterocycles. The van der Waals surface area contributed by atoms with Gasteiger partial charge in [-0.2, -0.15) is 0 Å². The van der Waals surface area contributed by atoms with E-state index in [1.165, 1.54) is 0 Å². The average Bonchev–Trinajstić information content (AvgIpc) is 3.30. The van der Waals surface area contributed by atoms with Crippen LogP contribution in [-0.4, -0.2) is 43.3 Å². The minimum absolute atomic E-state index is 0.186. The van der Waals surface area contributed by atoms with Gasteiger partial charge in [0.15, 0.2) is 0 Å². The van der Waals surface area contributed by atoms with Crippen molar-refractivity contribution in [2.24, 2.45) is 0 Å². The van der Waals surface area contributed by atoms with Gasteiger partial charge in [-0.1, -0.05) is 12.1 Å². The number of aromatic nitrogens is 3. The van der Waals surface area contributed by atoms with Gasteiger partial charge in [-0.3, -0.25) is 13.6 Å². The lowest BCUT2D eigenvalue weighted by Crippen LogP contribution is -2.25. The molecule has 3 aromatic rings. The quantitative estimate of drug-likeness (QED) is 0.675. The first kappa shape index (κ1) is 19.5. The van der Waals surface area contributed by atoms with Crippen LogP contribution in [-0.2, 0) is 21.3 Å². The Morgan fingerprint density at radius 3 is 2.55 bits per heavy atom. The lowest BCUT2D eigenvalue weighted by molar-refractivity contribution is 0.0991. The van der Waals surface area contributed by atoms with Crippen molar-refractivity contribution in [2.45, 2.75) is 23.8 Å². The molecule has 1 amide bonds. The molecule has 29 heavy (non-hydrogen) atoms. The monoisotopic (exact) mass is 410 g/mol. The summed E-state index contributed by atoms with van der Waals surface area (Å²) in [4.78, 5) is 12.6. The summed E-state index contributed by atoms with van der Waals surface area (Å²) in [6.07, 6.45) is 4.89. The number of benzene rings is 2. The third-order valence-corrected chi connectivity index (χ3v) is 6.71. The number of nitrogens with one attached hydrogen (secondary N) is 1. The highest BCUT2D eigenvalue weighted by Gasteiger charge is 2.20. The predicted octanol–water partition coefficient (Wildman–Crippen LogP) is 2.95. The Hall–Kier alpha value is -2.84. The fraction of sp³-hybridized carbons (Fsp3) is 0.286. The molecule has 1 saturated heterocycles. The van der Waals surface area contributed by atoms with Gasteiger partial charge in [-0.25, -0.2) is 0 Å². The number of anilines is 1. The Kier molecular flexibility index (Phi) is 6.12. The lowest BCUT2D eigenvalue weighted by atomic mass is 10.1. The second-order valence-corrected chi connectivity index (χ2v) is 8.62. The van der Waals surface area contributed by atoms with E-state index in [1.807, 2.05) is 36.4 Å². The van der Waals surface area contributed by atoms with Crippen LogP contribution in [0.1, 0.15) is 28.8 Å². The molecule has 0 radical (unpaired) electrons. The summed E-state index contributed by atoms with van der Waals surface area (Å²) in [5.41, 5.74) is 3.08. The van der Waals surface area contributed by atoms with Gasteiger partial charge < -0.3 is 10.1 Å². The van der Waals surface area contributed by atoms with Crippen LogP contribution in [0.3, 0.4) is 0 Å². The Bertz CT molecular complexity index is 983. The first-order valence-electron chi connectivity index (χ1n) is 9.49. The number of hydrogen-bond acceptors (Lipinski definition) is 5. The van der Waals surface area contributed by atoms with E-state index in [-0.39, 0.29) is 11.2 Å². The van der Waals surface area contributed by atoms with Gasteiger partial charge in [0.2, 0.25) is 0 Å². The van der Waals surface area contributed by atoms with Gasteiger partial charge in [0.05, 0.1) is 0 Å². The van der Waals surface area contributed by atoms with Crippen molar-refractivity contribution < 1.29 is 13.7 Å². The van der Waals surface area contributed by atoms with Crippen molar-refractivity contribution in [3.63, 3.8) is 0 Å². The maximum absolute atomic E-state index is 12.6. The number of nitrogens with zero attached hydrogens (tertiary/aromatic N) is 3. The molecular weight excluding hydrogens is 388 g/mol. The van der Waals surface area contributed by atoms with E-state index in [2.05, 4.69) is 15.5 Å². The molecule has 8 heteroatoms. The van der Waals surface area contributed by atoms with Crippen LogP contribution < -0.4 is 5.32 Å². The van der Waals surface area contributed by atoms with Crippen molar-refractivity contribution in [3.05, 3.63) is 72.3 Å². The Labute approximate surface area is 171 Å². The SMILES string of the molecule is O=C(Nc1cccc(CS(=O)C2CCOCC2)c1)c1ccc(-n2cnnc2)cc1. The van der Waals surface area contributed by atoms with E-state index < -0.39 is 10.8 Å². The van der Waals surface area contributed by atoms with Crippen LogP contribution in [0.25, 0.3) is 5.69 Å². The van der Waals surface area contributed by atoms with Crippen LogP contribution in [0.2, 0.25) is 0 Å². The molecule has 2 aromatic carbocycles. The minimum Gasteiger partial charge on any atom is -0.381 e. The zero-order valence-corrected chi connectivity index (χ0v) is 16.7. The zero-order chi connectivity index (χ0) is 20.1. The summed E-state index contributed by atoms with van der Waals surface area (Å²) in [7, 11) is -0.937. The van der Waals surface area contributed by atoms with Gasteiger partial charge in [0, 0.05) is 52.0 Å². The van der Waals surface area contributed by atoms with Crippen LogP contribution in [0.4, 0.5) is 5.69 Å². The molecule has 0 bridgehead atoms. The molecule has 7 nitrogen and oxygen atoms in total. The number of carbonyl (C=O) groups excluding carboxylic acids is 1. The van der Waals surface area contributed by atoms with E-state index in [1.54, 1.807) is 29.4 Å². The van der Waals surface area contributed by atoms with Gasteiger partial charge in [0.25, 0.3) is 5.91 Å². The van der Waals surface area contributed by atoms with Gasteiger partial charge in [-0.05, 0) is 54.8 Å². The molecule has 1 N–H and O–H groups in total. The second kappa shape index (κ2) is 9.11. The Morgan fingerprint density at radius 1 is 1.10 bits per heavy atom. The molecule has 150 valence electrons. The van der Waals surface area contributed by atoms with Crippen molar-refractivity contribution in [2.75, 3.05) is 18.5 Å². The third kappa shape index (κ3) is 4.96.